The van der Waals surface area contributed by atoms with Crippen LogP contribution in [0.3, 0.4) is 0 Å². The number of nitrogen functional groups attached to an aromatic ring is 1. The molecule has 6 heteroatoms. The lowest BCUT2D eigenvalue weighted by Gasteiger charge is -2.10. The average molecular weight is 284 g/mol. The number of carbonyl (C=O) groups excluding carboxylic acids is 1. The molecule has 0 saturated carbocycles. The molecule has 5 nitrogen and oxygen atoms in total. The largest absolute Gasteiger partial charge is 0.382 e. The molecule has 2 aromatic heterocycles. The van der Waals surface area contributed by atoms with E-state index in [0.29, 0.717) is 34.6 Å². The van der Waals surface area contributed by atoms with Crippen molar-refractivity contribution in [3.63, 3.8) is 0 Å². The normalized spacial score (nSPS) is 10.8. The van der Waals surface area contributed by atoms with E-state index in [9.17, 15) is 9.18 Å². The van der Waals surface area contributed by atoms with Crippen molar-refractivity contribution in [2.75, 3.05) is 11.1 Å². The average Bonchev–Trinajstić information content (AvgIpc) is 2.78. The number of imidazole rings is 1. The summed E-state index contributed by atoms with van der Waals surface area (Å²) in [6, 6.07) is 8.35. The van der Waals surface area contributed by atoms with Gasteiger partial charge in [-0.3, -0.25) is 9.20 Å². The summed E-state index contributed by atoms with van der Waals surface area (Å²) in [6.45, 7) is 1.70. The predicted molar refractivity (Wildman–Crippen MR) is 79.4 cm³/mol. The first-order valence-corrected chi connectivity index (χ1v) is 6.35. The Balaban J connectivity index is 2.05. The highest BCUT2D eigenvalue weighted by Gasteiger charge is 2.09. The molecule has 3 N–H and O–H groups in total. The van der Waals surface area contributed by atoms with Gasteiger partial charge in [0.2, 0.25) is 0 Å². The minimum Gasteiger partial charge on any atom is -0.382 e. The van der Waals surface area contributed by atoms with Gasteiger partial charge in [-0.1, -0.05) is 6.07 Å². The molecule has 0 spiro atoms. The van der Waals surface area contributed by atoms with Crippen LogP contribution >= 0.6 is 0 Å². The fraction of sp³-hybridized carbons (Fsp3) is 0.0667. The summed E-state index contributed by atoms with van der Waals surface area (Å²) in [5.74, 6) is -0.0920. The van der Waals surface area contributed by atoms with E-state index in [2.05, 4.69) is 10.3 Å². The molecule has 0 bridgehead atoms. The SMILES string of the molecule is Cc1c(F)cccc1Nc1ccc2nc(N)c(C=O)n2c1. The zero-order chi connectivity index (χ0) is 15.0. The van der Waals surface area contributed by atoms with Crippen molar-refractivity contribution < 1.29 is 9.18 Å². The number of pyridine rings is 1. The second kappa shape index (κ2) is 4.90. The highest BCUT2D eigenvalue weighted by molar-refractivity contribution is 5.82. The maximum Gasteiger partial charge on any atom is 0.170 e. The summed E-state index contributed by atoms with van der Waals surface area (Å²) >= 11 is 0. The number of carbonyl (C=O) groups is 1. The molecule has 1 aromatic carbocycles. The van der Waals surface area contributed by atoms with Crippen molar-refractivity contribution in [3.05, 3.63) is 53.6 Å². The van der Waals surface area contributed by atoms with Crippen molar-refractivity contribution in [1.82, 2.24) is 9.38 Å². The molecule has 0 aliphatic heterocycles. The van der Waals surface area contributed by atoms with E-state index in [1.807, 2.05) is 0 Å². The molecule has 0 aliphatic rings. The number of anilines is 3. The van der Waals surface area contributed by atoms with Gasteiger partial charge in [0.05, 0.1) is 5.69 Å². The van der Waals surface area contributed by atoms with Gasteiger partial charge in [0.1, 0.15) is 17.2 Å². The second-order valence-corrected chi connectivity index (χ2v) is 4.68. The maximum atomic E-state index is 13.5. The number of hydrogen-bond donors (Lipinski definition) is 2. The van der Waals surface area contributed by atoms with Crippen LogP contribution < -0.4 is 11.1 Å². The molecule has 106 valence electrons. The Morgan fingerprint density at radius 1 is 1.33 bits per heavy atom. The number of nitrogens with two attached hydrogens (primary N) is 1. The van der Waals surface area contributed by atoms with Gasteiger partial charge in [0.15, 0.2) is 12.1 Å². The Labute approximate surface area is 120 Å². The molecule has 0 amide bonds. The lowest BCUT2D eigenvalue weighted by Crippen LogP contribution is -1.99. The first-order valence-electron chi connectivity index (χ1n) is 6.35. The number of hydrogen-bond acceptors (Lipinski definition) is 4. The van der Waals surface area contributed by atoms with Crippen molar-refractivity contribution in [2.45, 2.75) is 6.92 Å². The molecule has 2 heterocycles. The van der Waals surface area contributed by atoms with E-state index in [-0.39, 0.29) is 11.6 Å². The number of rotatable bonds is 3. The summed E-state index contributed by atoms with van der Waals surface area (Å²) in [6.07, 6.45) is 2.36. The molecule has 0 aliphatic carbocycles. The summed E-state index contributed by atoms with van der Waals surface area (Å²) in [7, 11) is 0. The van der Waals surface area contributed by atoms with Crippen molar-refractivity contribution in [1.29, 1.82) is 0 Å². The smallest absolute Gasteiger partial charge is 0.170 e. The van der Waals surface area contributed by atoms with E-state index in [1.165, 1.54) is 6.07 Å². The van der Waals surface area contributed by atoms with Gasteiger partial charge in [0, 0.05) is 17.4 Å². The number of aldehydes is 1. The van der Waals surface area contributed by atoms with Gasteiger partial charge in [-0.25, -0.2) is 9.37 Å². The standard InChI is InChI=1S/C15H13FN4O/c1-9-11(16)3-2-4-12(9)18-10-5-6-14-19-15(17)13(8-21)20(14)7-10/h2-8,18H,17H2,1H3. The van der Waals surface area contributed by atoms with Crippen LogP contribution in [0, 0.1) is 12.7 Å². The minimum atomic E-state index is -0.276. The minimum absolute atomic E-state index is 0.184. The van der Waals surface area contributed by atoms with Crippen molar-refractivity contribution >= 4 is 29.1 Å². The lowest BCUT2D eigenvalue weighted by molar-refractivity contribution is 0.111. The van der Waals surface area contributed by atoms with E-state index < -0.39 is 0 Å². The highest BCUT2D eigenvalue weighted by Crippen LogP contribution is 2.23. The number of nitrogens with one attached hydrogen (secondary N) is 1. The van der Waals surface area contributed by atoms with Crippen LogP contribution in [0.5, 0.6) is 0 Å². The molecule has 3 aromatic rings. The number of benzene rings is 1. The lowest BCUT2D eigenvalue weighted by atomic mass is 10.2. The quantitative estimate of drug-likeness (QED) is 0.725. The van der Waals surface area contributed by atoms with Crippen LogP contribution in [0.15, 0.2) is 36.5 Å². The van der Waals surface area contributed by atoms with Gasteiger partial charge in [0.25, 0.3) is 0 Å². The predicted octanol–water partition coefficient (Wildman–Crippen LogP) is 2.92. The fourth-order valence-electron chi connectivity index (χ4n) is 2.17. The topological polar surface area (TPSA) is 72.4 Å². The fourth-order valence-corrected chi connectivity index (χ4v) is 2.17. The Morgan fingerprint density at radius 3 is 2.90 bits per heavy atom. The Hall–Kier alpha value is -2.89. The van der Waals surface area contributed by atoms with Crippen LogP contribution in [-0.2, 0) is 0 Å². The van der Waals surface area contributed by atoms with Gasteiger partial charge < -0.3 is 11.1 Å². The van der Waals surface area contributed by atoms with Crippen LogP contribution in [0.25, 0.3) is 5.65 Å². The summed E-state index contributed by atoms with van der Waals surface area (Å²) < 4.78 is 15.1. The third kappa shape index (κ3) is 2.20. The summed E-state index contributed by atoms with van der Waals surface area (Å²) in [5.41, 5.74) is 8.45. The van der Waals surface area contributed by atoms with Crippen LogP contribution in [0.1, 0.15) is 16.1 Å². The summed E-state index contributed by atoms with van der Waals surface area (Å²) in [4.78, 5) is 15.1. The zero-order valence-electron chi connectivity index (χ0n) is 11.3. The summed E-state index contributed by atoms with van der Waals surface area (Å²) in [5, 5.41) is 3.12. The molecule has 0 saturated heterocycles. The number of nitrogens with zero attached hydrogens (tertiary/aromatic N) is 2. The van der Waals surface area contributed by atoms with Crippen molar-refractivity contribution in [3.8, 4) is 0 Å². The van der Waals surface area contributed by atoms with Crippen LogP contribution in [-0.4, -0.2) is 15.7 Å². The number of halogens is 1. The van der Waals surface area contributed by atoms with E-state index in [1.54, 1.807) is 41.8 Å². The second-order valence-electron chi connectivity index (χ2n) is 4.68. The number of fused-ring (bicyclic) bond motifs is 1. The van der Waals surface area contributed by atoms with E-state index in [4.69, 9.17) is 5.73 Å². The Bertz CT molecular complexity index is 841. The first kappa shape index (κ1) is 13.1. The van der Waals surface area contributed by atoms with Gasteiger partial charge in [-0.05, 0) is 31.2 Å². The molecule has 0 unspecified atom stereocenters. The molecule has 0 fully saturated rings. The molecule has 21 heavy (non-hydrogen) atoms. The maximum absolute atomic E-state index is 13.5. The van der Waals surface area contributed by atoms with Crippen LogP contribution in [0.2, 0.25) is 0 Å². The third-order valence-electron chi connectivity index (χ3n) is 3.34. The molecular weight excluding hydrogens is 271 g/mol. The third-order valence-corrected chi connectivity index (χ3v) is 3.34. The van der Waals surface area contributed by atoms with E-state index >= 15 is 0 Å². The molecule has 0 radical (unpaired) electrons. The molecule has 0 atom stereocenters. The van der Waals surface area contributed by atoms with Gasteiger partial charge in [-0.15, -0.1) is 0 Å². The zero-order valence-corrected chi connectivity index (χ0v) is 11.3. The highest BCUT2D eigenvalue weighted by atomic mass is 19.1. The van der Waals surface area contributed by atoms with Gasteiger partial charge in [-0.2, -0.15) is 0 Å². The van der Waals surface area contributed by atoms with Gasteiger partial charge >= 0.3 is 0 Å². The monoisotopic (exact) mass is 284 g/mol. The van der Waals surface area contributed by atoms with Crippen molar-refractivity contribution in [2.24, 2.45) is 0 Å². The Kier molecular flexibility index (Phi) is 3.06. The first-order chi connectivity index (χ1) is 10.1. The Morgan fingerprint density at radius 2 is 2.14 bits per heavy atom. The van der Waals surface area contributed by atoms with E-state index in [0.717, 1.165) is 0 Å². The number of aromatic nitrogens is 2. The molecule has 3 rings (SSSR count). The molecular formula is C15H13FN4O. The van der Waals surface area contributed by atoms with Crippen LogP contribution in [0.4, 0.5) is 21.6 Å².